The highest BCUT2D eigenvalue weighted by Crippen LogP contribution is 2.25. The summed E-state index contributed by atoms with van der Waals surface area (Å²) in [5.74, 6) is 0.779. The van der Waals surface area contributed by atoms with Gasteiger partial charge >= 0.3 is 0 Å². The zero-order chi connectivity index (χ0) is 12.3. The van der Waals surface area contributed by atoms with Crippen LogP contribution in [-0.2, 0) is 4.79 Å². The van der Waals surface area contributed by atoms with Crippen molar-refractivity contribution in [3.63, 3.8) is 0 Å². The molecule has 1 aliphatic rings. The molecule has 0 heterocycles. The van der Waals surface area contributed by atoms with Crippen LogP contribution in [0.5, 0.6) is 0 Å². The highest BCUT2D eigenvalue weighted by molar-refractivity contribution is 5.78. The second kappa shape index (κ2) is 5.15. The van der Waals surface area contributed by atoms with Crippen LogP contribution in [0.25, 0.3) is 0 Å². The van der Waals surface area contributed by atoms with Crippen LogP contribution in [0.1, 0.15) is 33.6 Å². The maximum absolute atomic E-state index is 11.6. The van der Waals surface area contributed by atoms with E-state index in [4.69, 9.17) is 5.73 Å². The Morgan fingerprint density at radius 2 is 2.00 bits per heavy atom. The lowest BCUT2D eigenvalue weighted by molar-refractivity contribution is -0.123. The summed E-state index contributed by atoms with van der Waals surface area (Å²) in [6.45, 7) is 7.44. The van der Waals surface area contributed by atoms with Gasteiger partial charge in [0.1, 0.15) is 0 Å². The van der Waals surface area contributed by atoms with Crippen LogP contribution >= 0.6 is 0 Å². The number of carbonyl (C=O) groups excluding carboxylic acids is 1. The van der Waals surface area contributed by atoms with Crippen LogP contribution in [0.3, 0.4) is 0 Å². The normalized spacial score (nSPS) is 25.4. The summed E-state index contributed by atoms with van der Waals surface area (Å²) in [7, 11) is 1.99. The van der Waals surface area contributed by atoms with Crippen molar-refractivity contribution in [2.45, 2.75) is 45.2 Å². The van der Waals surface area contributed by atoms with Gasteiger partial charge in [0.05, 0.1) is 6.54 Å². The average Bonchev–Trinajstić information content (AvgIpc) is 1.96. The van der Waals surface area contributed by atoms with Gasteiger partial charge in [-0.25, -0.2) is 0 Å². The third-order valence-corrected chi connectivity index (χ3v) is 2.77. The fraction of sp³-hybridized carbons (Fsp3) is 0.917. The van der Waals surface area contributed by atoms with Crippen molar-refractivity contribution in [2.24, 2.45) is 11.7 Å². The monoisotopic (exact) mass is 227 g/mol. The van der Waals surface area contributed by atoms with Gasteiger partial charge in [-0.2, -0.15) is 0 Å². The van der Waals surface area contributed by atoms with Crippen LogP contribution in [0.4, 0.5) is 0 Å². The Morgan fingerprint density at radius 3 is 2.44 bits per heavy atom. The zero-order valence-electron chi connectivity index (χ0n) is 10.9. The number of hydrogen-bond acceptors (Lipinski definition) is 3. The number of nitrogens with one attached hydrogen (secondary N) is 1. The lowest BCUT2D eigenvalue weighted by Crippen LogP contribution is -2.47. The SMILES string of the molecule is CN(CC(=O)NC(C)(C)C)CC1CC(N)C1. The maximum Gasteiger partial charge on any atom is 0.234 e. The highest BCUT2D eigenvalue weighted by Gasteiger charge is 2.27. The van der Waals surface area contributed by atoms with E-state index in [1.165, 1.54) is 0 Å². The molecular weight excluding hydrogens is 202 g/mol. The number of likely N-dealkylation sites (N-methyl/N-ethyl adjacent to an activating group) is 1. The first-order chi connectivity index (χ1) is 7.26. The third kappa shape index (κ3) is 4.94. The number of amides is 1. The summed E-state index contributed by atoms with van der Waals surface area (Å²) < 4.78 is 0. The van der Waals surface area contributed by atoms with Crippen molar-refractivity contribution in [1.82, 2.24) is 10.2 Å². The molecule has 0 aromatic rings. The molecule has 0 unspecified atom stereocenters. The van der Waals surface area contributed by atoms with Gasteiger partial charge in [-0.05, 0) is 46.6 Å². The van der Waals surface area contributed by atoms with Crippen LogP contribution in [0.15, 0.2) is 0 Å². The Balaban J connectivity index is 2.18. The standard InChI is InChI=1S/C12H25N3O/c1-12(2,3)14-11(16)8-15(4)7-9-5-10(13)6-9/h9-10H,5-8,13H2,1-4H3,(H,14,16). The molecule has 0 aromatic heterocycles. The number of carbonyl (C=O) groups is 1. The fourth-order valence-electron chi connectivity index (χ4n) is 2.14. The molecular formula is C12H25N3O. The van der Waals surface area contributed by atoms with Gasteiger partial charge in [-0.3, -0.25) is 9.69 Å². The highest BCUT2D eigenvalue weighted by atomic mass is 16.2. The van der Waals surface area contributed by atoms with Crippen molar-refractivity contribution >= 4 is 5.91 Å². The molecule has 0 atom stereocenters. The number of hydrogen-bond donors (Lipinski definition) is 2. The van der Waals surface area contributed by atoms with Crippen LogP contribution < -0.4 is 11.1 Å². The molecule has 1 aliphatic carbocycles. The Kier molecular flexibility index (Phi) is 4.33. The fourth-order valence-corrected chi connectivity index (χ4v) is 2.14. The largest absolute Gasteiger partial charge is 0.350 e. The summed E-state index contributed by atoms with van der Waals surface area (Å²) in [5, 5.41) is 2.96. The van der Waals surface area contributed by atoms with Crippen LogP contribution in [-0.4, -0.2) is 42.5 Å². The zero-order valence-corrected chi connectivity index (χ0v) is 10.9. The Morgan fingerprint density at radius 1 is 1.44 bits per heavy atom. The van der Waals surface area contributed by atoms with Gasteiger partial charge in [-0.1, -0.05) is 0 Å². The van der Waals surface area contributed by atoms with E-state index < -0.39 is 0 Å². The van der Waals surface area contributed by atoms with Gasteiger partial charge in [0.25, 0.3) is 0 Å². The lowest BCUT2D eigenvalue weighted by Gasteiger charge is -2.35. The van der Waals surface area contributed by atoms with Crippen LogP contribution in [0, 0.1) is 5.92 Å². The van der Waals surface area contributed by atoms with E-state index in [9.17, 15) is 4.79 Å². The summed E-state index contributed by atoms with van der Waals surface area (Å²) >= 11 is 0. The van der Waals surface area contributed by atoms with Gasteiger partial charge < -0.3 is 11.1 Å². The first kappa shape index (κ1) is 13.5. The molecule has 0 aliphatic heterocycles. The van der Waals surface area contributed by atoms with Crippen molar-refractivity contribution in [3.8, 4) is 0 Å². The molecule has 0 saturated heterocycles. The molecule has 94 valence electrons. The molecule has 4 heteroatoms. The predicted octanol–water partition coefficient (Wildman–Crippen LogP) is 0.570. The summed E-state index contributed by atoms with van der Waals surface area (Å²) in [5.41, 5.74) is 5.59. The number of nitrogens with zero attached hydrogens (tertiary/aromatic N) is 1. The van der Waals surface area contributed by atoms with Crippen molar-refractivity contribution < 1.29 is 4.79 Å². The van der Waals surface area contributed by atoms with Gasteiger partial charge in [-0.15, -0.1) is 0 Å². The van der Waals surface area contributed by atoms with Gasteiger partial charge in [0, 0.05) is 18.1 Å². The first-order valence-electron chi connectivity index (χ1n) is 6.01. The topological polar surface area (TPSA) is 58.4 Å². The van der Waals surface area contributed by atoms with Crippen molar-refractivity contribution in [3.05, 3.63) is 0 Å². The Bertz CT molecular complexity index is 241. The van der Waals surface area contributed by atoms with Gasteiger partial charge in [0.15, 0.2) is 0 Å². The molecule has 1 saturated carbocycles. The van der Waals surface area contributed by atoms with E-state index >= 15 is 0 Å². The van der Waals surface area contributed by atoms with Gasteiger partial charge in [0.2, 0.25) is 5.91 Å². The van der Waals surface area contributed by atoms with E-state index in [0.29, 0.717) is 18.5 Å². The molecule has 0 bridgehead atoms. The predicted molar refractivity (Wildman–Crippen MR) is 66.1 cm³/mol. The van der Waals surface area contributed by atoms with E-state index in [0.717, 1.165) is 19.4 Å². The quantitative estimate of drug-likeness (QED) is 0.738. The molecule has 1 rings (SSSR count). The molecule has 16 heavy (non-hydrogen) atoms. The maximum atomic E-state index is 11.6. The Hall–Kier alpha value is -0.610. The van der Waals surface area contributed by atoms with E-state index in [2.05, 4.69) is 10.2 Å². The summed E-state index contributed by atoms with van der Waals surface area (Å²) in [4.78, 5) is 13.7. The molecule has 1 amide bonds. The number of rotatable bonds is 4. The second-order valence-electron chi connectivity index (χ2n) is 6.09. The molecule has 0 radical (unpaired) electrons. The minimum absolute atomic E-state index is 0.0959. The number of nitrogens with two attached hydrogens (primary N) is 1. The molecule has 0 spiro atoms. The third-order valence-electron chi connectivity index (χ3n) is 2.77. The minimum Gasteiger partial charge on any atom is -0.350 e. The minimum atomic E-state index is -0.142. The summed E-state index contributed by atoms with van der Waals surface area (Å²) in [6, 6.07) is 0.391. The van der Waals surface area contributed by atoms with Crippen LogP contribution in [0.2, 0.25) is 0 Å². The van der Waals surface area contributed by atoms with E-state index in [1.54, 1.807) is 0 Å². The lowest BCUT2D eigenvalue weighted by atomic mass is 9.80. The molecule has 1 fully saturated rings. The van der Waals surface area contributed by atoms with Crippen molar-refractivity contribution in [2.75, 3.05) is 20.1 Å². The average molecular weight is 227 g/mol. The molecule has 3 N–H and O–H groups in total. The molecule has 0 aromatic carbocycles. The van der Waals surface area contributed by atoms with E-state index in [1.807, 2.05) is 27.8 Å². The smallest absolute Gasteiger partial charge is 0.234 e. The summed E-state index contributed by atoms with van der Waals surface area (Å²) in [6.07, 6.45) is 2.20. The second-order valence-corrected chi connectivity index (χ2v) is 6.09. The van der Waals surface area contributed by atoms with Crippen molar-refractivity contribution in [1.29, 1.82) is 0 Å². The molecule has 4 nitrogen and oxygen atoms in total. The Labute approximate surface area is 98.6 Å². The first-order valence-corrected chi connectivity index (χ1v) is 6.01. The van der Waals surface area contributed by atoms with E-state index in [-0.39, 0.29) is 11.4 Å².